The minimum atomic E-state index is -0.474. The van der Waals surface area contributed by atoms with Crippen LogP contribution in [0.5, 0.6) is 0 Å². The van der Waals surface area contributed by atoms with Crippen molar-refractivity contribution in [2.45, 2.75) is 6.61 Å². The number of benzene rings is 1. The second kappa shape index (κ2) is 6.94. The molecule has 0 atom stereocenters. The van der Waals surface area contributed by atoms with E-state index < -0.39 is 5.97 Å². The van der Waals surface area contributed by atoms with Gasteiger partial charge in [-0.1, -0.05) is 23.7 Å². The predicted molar refractivity (Wildman–Crippen MR) is 63.6 cm³/mol. The van der Waals surface area contributed by atoms with E-state index in [0.717, 1.165) is 17.3 Å². The zero-order valence-corrected chi connectivity index (χ0v) is 9.79. The molecule has 0 aromatic heterocycles. The van der Waals surface area contributed by atoms with E-state index in [-0.39, 0.29) is 6.61 Å². The zero-order valence-electron chi connectivity index (χ0n) is 8.22. The molecule has 0 aliphatic rings. The summed E-state index contributed by atoms with van der Waals surface area (Å²) in [6.45, 7) is 0.192. The maximum absolute atomic E-state index is 11.1. The number of rotatable bonds is 4. The maximum atomic E-state index is 11.1. The van der Waals surface area contributed by atoms with Crippen molar-refractivity contribution < 1.29 is 9.53 Å². The highest BCUT2D eigenvalue weighted by Crippen LogP contribution is 2.10. The van der Waals surface area contributed by atoms with E-state index in [1.807, 2.05) is 5.40 Å². The Hall–Kier alpha value is -1.44. The largest absolute Gasteiger partial charge is 0.458 e. The molecule has 0 unspecified atom stereocenters. The van der Waals surface area contributed by atoms with E-state index in [4.69, 9.17) is 21.6 Å². The van der Waals surface area contributed by atoms with E-state index in [1.165, 1.54) is 11.5 Å². The number of ether oxygens (including phenoxy) is 1. The van der Waals surface area contributed by atoms with Gasteiger partial charge in [0.1, 0.15) is 12.0 Å². The van der Waals surface area contributed by atoms with E-state index in [9.17, 15) is 4.79 Å². The topological polar surface area (TPSA) is 50.1 Å². The minimum absolute atomic E-state index is 0.192. The maximum Gasteiger partial charge on any atom is 0.331 e. The predicted octanol–water partition coefficient (Wildman–Crippen LogP) is 3.11. The van der Waals surface area contributed by atoms with Crippen molar-refractivity contribution in [1.29, 1.82) is 5.26 Å². The number of nitriles is 1. The first kappa shape index (κ1) is 12.6. The lowest BCUT2D eigenvalue weighted by Gasteiger charge is -2.01. The molecular formula is C11H8ClNO2S. The smallest absolute Gasteiger partial charge is 0.331 e. The molecule has 0 bridgehead atoms. The Bertz CT molecular complexity index is 423. The average molecular weight is 254 g/mol. The third-order valence-electron chi connectivity index (χ3n) is 1.62. The molecule has 1 aromatic carbocycles. The van der Waals surface area contributed by atoms with Crippen LogP contribution in [-0.2, 0) is 16.1 Å². The lowest BCUT2D eigenvalue weighted by atomic mass is 10.2. The first-order chi connectivity index (χ1) is 7.72. The monoisotopic (exact) mass is 253 g/mol. The van der Waals surface area contributed by atoms with Gasteiger partial charge in [0.25, 0.3) is 0 Å². The second-order valence-corrected chi connectivity index (χ2v) is 3.87. The number of thiocyanates is 1. The van der Waals surface area contributed by atoms with Gasteiger partial charge in [0.2, 0.25) is 0 Å². The average Bonchev–Trinajstić information content (AvgIpc) is 2.29. The normalized spacial score (nSPS) is 10.0. The van der Waals surface area contributed by atoms with Crippen LogP contribution >= 0.6 is 23.4 Å². The zero-order chi connectivity index (χ0) is 11.8. The quantitative estimate of drug-likeness (QED) is 0.470. The molecule has 1 rings (SSSR count). The fourth-order valence-electron chi connectivity index (χ4n) is 0.903. The van der Waals surface area contributed by atoms with E-state index >= 15 is 0 Å². The SMILES string of the molecule is N#CSC=CC(=O)OCc1ccc(Cl)cc1. The fourth-order valence-corrected chi connectivity index (χ4v) is 1.27. The molecule has 0 heterocycles. The number of carbonyl (C=O) groups excluding carboxylic acids is 1. The van der Waals surface area contributed by atoms with Crippen LogP contribution in [0.25, 0.3) is 0 Å². The number of esters is 1. The van der Waals surface area contributed by atoms with Crippen LogP contribution in [0.15, 0.2) is 35.7 Å². The van der Waals surface area contributed by atoms with Crippen LogP contribution in [0, 0.1) is 10.7 Å². The van der Waals surface area contributed by atoms with Gasteiger partial charge in [0.05, 0.1) is 0 Å². The summed E-state index contributed by atoms with van der Waals surface area (Å²) < 4.78 is 4.92. The third-order valence-corrected chi connectivity index (χ3v) is 2.25. The molecule has 0 saturated carbocycles. The summed E-state index contributed by atoms with van der Waals surface area (Å²) in [6, 6.07) is 7.02. The number of nitrogens with zero attached hydrogens (tertiary/aromatic N) is 1. The van der Waals surface area contributed by atoms with Gasteiger partial charge in [-0.25, -0.2) is 4.79 Å². The molecule has 3 nitrogen and oxygen atoms in total. The fraction of sp³-hybridized carbons (Fsp3) is 0.0909. The molecule has 82 valence electrons. The van der Waals surface area contributed by atoms with Crippen molar-refractivity contribution in [2.75, 3.05) is 0 Å². The lowest BCUT2D eigenvalue weighted by molar-refractivity contribution is -0.138. The van der Waals surface area contributed by atoms with E-state index in [0.29, 0.717) is 5.02 Å². The van der Waals surface area contributed by atoms with Gasteiger partial charge < -0.3 is 4.74 Å². The van der Waals surface area contributed by atoms with Crippen LogP contribution in [-0.4, -0.2) is 5.97 Å². The first-order valence-corrected chi connectivity index (χ1v) is 5.60. The summed E-state index contributed by atoms with van der Waals surface area (Å²) in [7, 11) is 0. The third kappa shape index (κ3) is 4.87. The Morgan fingerprint density at radius 1 is 1.50 bits per heavy atom. The van der Waals surface area contributed by atoms with Crippen LogP contribution in [0.3, 0.4) is 0 Å². The van der Waals surface area contributed by atoms with Gasteiger partial charge in [-0.2, -0.15) is 5.26 Å². The molecule has 0 N–H and O–H groups in total. The van der Waals surface area contributed by atoms with Crippen molar-refractivity contribution in [3.8, 4) is 5.40 Å². The van der Waals surface area contributed by atoms with Gasteiger partial charge in [-0.15, -0.1) is 0 Å². The van der Waals surface area contributed by atoms with Crippen molar-refractivity contribution >= 4 is 29.3 Å². The highest BCUT2D eigenvalue weighted by molar-refractivity contribution is 8.06. The number of carbonyl (C=O) groups is 1. The Morgan fingerprint density at radius 3 is 2.81 bits per heavy atom. The Labute approximate surface area is 103 Å². The van der Waals surface area contributed by atoms with Gasteiger partial charge >= 0.3 is 5.97 Å². The molecule has 0 aliphatic heterocycles. The van der Waals surface area contributed by atoms with E-state index in [2.05, 4.69) is 0 Å². The molecular weight excluding hydrogens is 246 g/mol. The van der Waals surface area contributed by atoms with Gasteiger partial charge in [-0.05, 0) is 34.9 Å². The van der Waals surface area contributed by atoms with Crippen molar-refractivity contribution in [3.63, 3.8) is 0 Å². The summed E-state index contributed by atoms with van der Waals surface area (Å²) in [5, 5.41) is 12.0. The standard InChI is InChI=1S/C11H8ClNO2S/c12-10-3-1-9(2-4-10)7-15-11(14)5-6-16-8-13/h1-6H,7H2. The number of thioether (sulfide) groups is 1. The summed E-state index contributed by atoms with van der Waals surface area (Å²) >= 11 is 6.57. The lowest BCUT2D eigenvalue weighted by Crippen LogP contribution is -2.00. The summed E-state index contributed by atoms with van der Waals surface area (Å²) in [4.78, 5) is 11.1. The number of hydrogen-bond donors (Lipinski definition) is 0. The summed E-state index contributed by atoms with van der Waals surface area (Å²) in [5.41, 5.74) is 0.860. The van der Waals surface area contributed by atoms with Gasteiger partial charge in [-0.3, -0.25) is 0 Å². The van der Waals surface area contributed by atoms with Crippen molar-refractivity contribution in [1.82, 2.24) is 0 Å². The van der Waals surface area contributed by atoms with Crippen molar-refractivity contribution in [3.05, 3.63) is 46.3 Å². The van der Waals surface area contributed by atoms with Crippen LogP contribution in [0.1, 0.15) is 5.56 Å². The number of halogens is 1. The van der Waals surface area contributed by atoms with Crippen LogP contribution < -0.4 is 0 Å². The van der Waals surface area contributed by atoms with Crippen LogP contribution in [0.2, 0.25) is 5.02 Å². The van der Waals surface area contributed by atoms with Gasteiger partial charge in [0, 0.05) is 11.1 Å². The Morgan fingerprint density at radius 2 is 2.19 bits per heavy atom. The molecule has 0 aliphatic carbocycles. The van der Waals surface area contributed by atoms with E-state index in [1.54, 1.807) is 24.3 Å². The minimum Gasteiger partial charge on any atom is -0.458 e. The summed E-state index contributed by atoms with van der Waals surface area (Å²) in [5.74, 6) is -0.474. The number of hydrogen-bond acceptors (Lipinski definition) is 4. The second-order valence-electron chi connectivity index (χ2n) is 2.75. The Kier molecular flexibility index (Phi) is 5.48. The highest BCUT2D eigenvalue weighted by Gasteiger charge is 1.98. The molecule has 0 saturated heterocycles. The first-order valence-electron chi connectivity index (χ1n) is 4.35. The molecule has 0 amide bonds. The molecule has 0 fully saturated rings. The van der Waals surface area contributed by atoms with Crippen LogP contribution in [0.4, 0.5) is 0 Å². The summed E-state index contributed by atoms with van der Waals surface area (Å²) in [6.07, 6.45) is 1.21. The molecule has 1 aromatic rings. The van der Waals surface area contributed by atoms with Gasteiger partial charge in [0.15, 0.2) is 0 Å². The van der Waals surface area contributed by atoms with Crippen molar-refractivity contribution in [2.24, 2.45) is 0 Å². The molecule has 5 heteroatoms. The molecule has 0 spiro atoms. The highest BCUT2D eigenvalue weighted by atomic mass is 35.5. The molecule has 0 radical (unpaired) electrons. The Balaban J connectivity index is 2.37. The molecule has 16 heavy (non-hydrogen) atoms.